The molecule has 0 bridgehead atoms. The Morgan fingerprint density at radius 3 is 2.39 bits per heavy atom. The van der Waals surface area contributed by atoms with E-state index >= 15 is 0 Å². The number of ether oxygens (including phenoxy) is 1. The normalized spacial score (nSPS) is 13.0. The SMILES string of the molecule is COC(=O)CC(NS(=O)(=O)OC)c1ccccc1. The van der Waals surface area contributed by atoms with Gasteiger partial charge in [0, 0.05) is 0 Å². The molecule has 1 unspecified atom stereocenters. The van der Waals surface area contributed by atoms with Gasteiger partial charge in [-0.1, -0.05) is 30.3 Å². The molecule has 1 aromatic carbocycles. The van der Waals surface area contributed by atoms with Crippen molar-refractivity contribution in [2.45, 2.75) is 12.5 Å². The predicted octanol–water partition coefficient (Wildman–Crippen LogP) is 0.772. The Labute approximate surface area is 106 Å². The molecule has 0 amide bonds. The van der Waals surface area contributed by atoms with Crippen LogP contribution in [0.25, 0.3) is 0 Å². The number of carbonyl (C=O) groups is 1. The summed E-state index contributed by atoms with van der Waals surface area (Å²) < 4.78 is 33.9. The number of benzene rings is 1. The fourth-order valence-corrected chi connectivity index (χ4v) is 2.05. The van der Waals surface area contributed by atoms with Gasteiger partial charge in [-0.3, -0.25) is 8.98 Å². The molecule has 0 spiro atoms. The monoisotopic (exact) mass is 273 g/mol. The van der Waals surface area contributed by atoms with Crippen LogP contribution in [-0.2, 0) is 24.0 Å². The van der Waals surface area contributed by atoms with Gasteiger partial charge in [0.05, 0.1) is 26.7 Å². The Kier molecular flexibility index (Phi) is 5.26. The molecule has 0 aliphatic carbocycles. The first-order valence-corrected chi connectivity index (χ1v) is 6.59. The molecule has 100 valence electrons. The topological polar surface area (TPSA) is 81.7 Å². The first-order valence-electron chi connectivity index (χ1n) is 5.18. The highest BCUT2D eigenvalue weighted by atomic mass is 32.2. The zero-order chi connectivity index (χ0) is 13.6. The minimum absolute atomic E-state index is 0.108. The van der Waals surface area contributed by atoms with E-state index in [1.807, 2.05) is 0 Å². The van der Waals surface area contributed by atoms with E-state index in [-0.39, 0.29) is 6.42 Å². The summed E-state index contributed by atoms with van der Waals surface area (Å²) in [5.74, 6) is -0.511. The summed E-state index contributed by atoms with van der Waals surface area (Å²) in [6.07, 6.45) is -0.108. The van der Waals surface area contributed by atoms with E-state index in [1.54, 1.807) is 30.3 Å². The van der Waals surface area contributed by atoms with Crippen molar-refractivity contribution in [1.29, 1.82) is 0 Å². The number of esters is 1. The van der Waals surface area contributed by atoms with Gasteiger partial charge in [-0.25, -0.2) is 0 Å². The van der Waals surface area contributed by atoms with Crippen LogP contribution in [0.15, 0.2) is 30.3 Å². The molecule has 0 saturated carbocycles. The maximum absolute atomic E-state index is 11.4. The largest absolute Gasteiger partial charge is 0.469 e. The summed E-state index contributed by atoms with van der Waals surface area (Å²) in [5, 5.41) is 0. The van der Waals surface area contributed by atoms with Crippen molar-refractivity contribution < 1.29 is 22.1 Å². The molecule has 1 atom stereocenters. The average molecular weight is 273 g/mol. The summed E-state index contributed by atoms with van der Waals surface area (Å²) in [6, 6.07) is 8.01. The second kappa shape index (κ2) is 6.48. The Bertz CT molecular complexity index is 485. The molecule has 0 aromatic heterocycles. The molecular weight excluding hydrogens is 258 g/mol. The quantitative estimate of drug-likeness (QED) is 0.774. The van der Waals surface area contributed by atoms with Crippen LogP contribution in [0.1, 0.15) is 18.0 Å². The minimum atomic E-state index is -3.88. The lowest BCUT2D eigenvalue weighted by atomic mass is 10.1. The summed E-state index contributed by atoms with van der Waals surface area (Å²) in [4.78, 5) is 11.3. The standard InChI is InChI=1S/C11H15NO5S/c1-16-11(13)8-10(12-18(14,15)17-2)9-6-4-3-5-7-9/h3-7,10,12H,8H2,1-2H3. The number of carbonyl (C=O) groups excluding carboxylic acids is 1. The highest BCUT2D eigenvalue weighted by Gasteiger charge is 2.22. The lowest BCUT2D eigenvalue weighted by molar-refractivity contribution is -0.141. The molecule has 0 saturated heterocycles. The van der Waals surface area contributed by atoms with Crippen molar-refractivity contribution in [3.05, 3.63) is 35.9 Å². The van der Waals surface area contributed by atoms with E-state index in [4.69, 9.17) is 0 Å². The lowest BCUT2D eigenvalue weighted by Crippen LogP contribution is -2.31. The van der Waals surface area contributed by atoms with Crippen LogP contribution in [0, 0.1) is 0 Å². The zero-order valence-corrected chi connectivity index (χ0v) is 10.9. The van der Waals surface area contributed by atoms with Crippen LogP contribution < -0.4 is 4.72 Å². The molecule has 1 N–H and O–H groups in total. The third-order valence-electron chi connectivity index (χ3n) is 2.31. The summed E-state index contributed by atoms with van der Waals surface area (Å²) in [5.41, 5.74) is 0.656. The molecule has 1 rings (SSSR count). The molecule has 6 nitrogen and oxygen atoms in total. The summed E-state index contributed by atoms with van der Waals surface area (Å²) in [6.45, 7) is 0. The smallest absolute Gasteiger partial charge is 0.336 e. The molecular formula is C11H15NO5S. The van der Waals surface area contributed by atoms with Crippen LogP contribution in [0.4, 0.5) is 0 Å². The second-order valence-corrected chi connectivity index (χ2v) is 4.96. The number of methoxy groups -OCH3 is 1. The van der Waals surface area contributed by atoms with Crippen molar-refractivity contribution in [3.8, 4) is 0 Å². The van der Waals surface area contributed by atoms with Gasteiger partial charge in [0.2, 0.25) is 0 Å². The molecule has 7 heteroatoms. The second-order valence-electron chi connectivity index (χ2n) is 3.48. The summed E-state index contributed by atoms with van der Waals surface area (Å²) >= 11 is 0. The van der Waals surface area contributed by atoms with Crippen molar-refractivity contribution in [1.82, 2.24) is 4.72 Å². The van der Waals surface area contributed by atoms with E-state index in [0.29, 0.717) is 5.56 Å². The first kappa shape index (κ1) is 14.6. The number of hydrogen-bond donors (Lipinski definition) is 1. The predicted molar refractivity (Wildman–Crippen MR) is 64.9 cm³/mol. The van der Waals surface area contributed by atoms with Crippen molar-refractivity contribution in [2.24, 2.45) is 0 Å². The third-order valence-corrected chi connectivity index (χ3v) is 3.32. The van der Waals surface area contributed by atoms with Gasteiger partial charge in [-0.2, -0.15) is 13.1 Å². The maximum atomic E-state index is 11.4. The Morgan fingerprint density at radius 2 is 1.89 bits per heavy atom. The Morgan fingerprint density at radius 1 is 1.28 bits per heavy atom. The average Bonchev–Trinajstić information content (AvgIpc) is 2.38. The van der Waals surface area contributed by atoms with Crippen LogP contribution in [0.5, 0.6) is 0 Å². The van der Waals surface area contributed by atoms with Gasteiger partial charge in [-0.15, -0.1) is 0 Å². The van der Waals surface area contributed by atoms with Gasteiger partial charge in [0.15, 0.2) is 0 Å². The summed E-state index contributed by atoms with van der Waals surface area (Å²) in [7, 11) is -1.59. The van der Waals surface area contributed by atoms with Crippen molar-refractivity contribution in [2.75, 3.05) is 14.2 Å². The molecule has 18 heavy (non-hydrogen) atoms. The van der Waals surface area contributed by atoms with Gasteiger partial charge in [0.1, 0.15) is 0 Å². The first-order chi connectivity index (χ1) is 8.48. The molecule has 0 aliphatic heterocycles. The zero-order valence-electron chi connectivity index (χ0n) is 10.1. The molecule has 0 aliphatic rings. The minimum Gasteiger partial charge on any atom is -0.469 e. The molecule has 0 heterocycles. The number of nitrogens with one attached hydrogen (secondary N) is 1. The van der Waals surface area contributed by atoms with Crippen LogP contribution >= 0.6 is 0 Å². The van der Waals surface area contributed by atoms with Crippen LogP contribution in [0.3, 0.4) is 0 Å². The van der Waals surface area contributed by atoms with Gasteiger partial charge in [0.25, 0.3) is 0 Å². The van der Waals surface area contributed by atoms with Gasteiger partial charge in [-0.05, 0) is 5.56 Å². The van der Waals surface area contributed by atoms with Crippen LogP contribution in [0.2, 0.25) is 0 Å². The fraction of sp³-hybridized carbons (Fsp3) is 0.364. The van der Waals surface area contributed by atoms with E-state index in [9.17, 15) is 13.2 Å². The molecule has 0 radical (unpaired) electrons. The van der Waals surface area contributed by atoms with Crippen LogP contribution in [-0.4, -0.2) is 28.6 Å². The molecule has 0 fully saturated rings. The van der Waals surface area contributed by atoms with E-state index in [0.717, 1.165) is 7.11 Å². The van der Waals surface area contributed by atoms with E-state index in [2.05, 4.69) is 13.6 Å². The highest BCUT2D eigenvalue weighted by molar-refractivity contribution is 7.84. The van der Waals surface area contributed by atoms with Crippen molar-refractivity contribution >= 4 is 16.3 Å². The Balaban J connectivity index is 2.93. The van der Waals surface area contributed by atoms with Gasteiger partial charge < -0.3 is 4.74 Å². The third kappa shape index (κ3) is 4.44. The van der Waals surface area contributed by atoms with E-state index < -0.39 is 22.3 Å². The maximum Gasteiger partial charge on any atom is 0.336 e. The number of rotatable bonds is 6. The van der Waals surface area contributed by atoms with Gasteiger partial charge >= 0.3 is 16.3 Å². The Hall–Kier alpha value is -1.44. The van der Waals surface area contributed by atoms with Crippen molar-refractivity contribution in [3.63, 3.8) is 0 Å². The fourth-order valence-electron chi connectivity index (χ4n) is 1.39. The lowest BCUT2D eigenvalue weighted by Gasteiger charge is -2.17. The van der Waals surface area contributed by atoms with E-state index in [1.165, 1.54) is 7.11 Å². The highest BCUT2D eigenvalue weighted by Crippen LogP contribution is 2.18. The molecule has 1 aromatic rings. The number of hydrogen-bond acceptors (Lipinski definition) is 5.